The minimum absolute atomic E-state index is 0.126. The highest BCUT2D eigenvalue weighted by Gasteiger charge is 2.15. The second kappa shape index (κ2) is 6.91. The van der Waals surface area contributed by atoms with Gasteiger partial charge < -0.3 is 5.32 Å². The van der Waals surface area contributed by atoms with Crippen molar-refractivity contribution in [2.45, 2.75) is 31.0 Å². The third-order valence-electron chi connectivity index (χ3n) is 3.16. The van der Waals surface area contributed by atoms with E-state index in [1.807, 2.05) is 13.0 Å². The third kappa shape index (κ3) is 3.75. The molecule has 22 heavy (non-hydrogen) atoms. The van der Waals surface area contributed by atoms with Crippen molar-refractivity contribution in [3.8, 4) is 0 Å². The number of thiophene rings is 2. The zero-order valence-electron chi connectivity index (χ0n) is 12.6. The zero-order valence-corrected chi connectivity index (χ0v) is 15.0. The van der Waals surface area contributed by atoms with Gasteiger partial charge in [-0.1, -0.05) is 6.92 Å². The van der Waals surface area contributed by atoms with Crippen molar-refractivity contribution in [1.29, 1.82) is 0 Å². The van der Waals surface area contributed by atoms with E-state index >= 15 is 0 Å². The van der Waals surface area contributed by atoms with Crippen molar-refractivity contribution in [2.75, 3.05) is 7.05 Å². The van der Waals surface area contributed by atoms with E-state index in [2.05, 4.69) is 17.0 Å². The Hall–Kier alpha value is -1.22. The van der Waals surface area contributed by atoms with E-state index in [4.69, 9.17) is 0 Å². The normalized spacial score (nSPS) is 11.6. The molecule has 0 aliphatic carbocycles. The van der Waals surface area contributed by atoms with E-state index in [9.17, 15) is 13.2 Å². The lowest BCUT2D eigenvalue weighted by Gasteiger charge is -2.01. The Morgan fingerprint density at radius 2 is 2.00 bits per heavy atom. The molecule has 0 aliphatic rings. The average molecular weight is 359 g/mol. The van der Waals surface area contributed by atoms with Gasteiger partial charge >= 0.3 is 0 Å². The summed E-state index contributed by atoms with van der Waals surface area (Å²) in [6, 6.07) is 5.15. The molecular formula is C14H18N2O3S3. The van der Waals surface area contributed by atoms with Crippen LogP contribution in [0.4, 0.5) is 0 Å². The van der Waals surface area contributed by atoms with Crippen LogP contribution in [0.1, 0.15) is 31.9 Å². The molecule has 120 valence electrons. The standard InChI is InChI=1S/C14H18N2O3S3/c1-4-11-9(2)7-12(21-11)14(17)16-8-10-5-6-13(20-10)22(18,19)15-3/h5-7,15H,4,8H2,1-3H3,(H,16,17). The van der Waals surface area contributed by atoms with Crippen LogP contribution in [0, 0.1) is 6.92 Å². The average Bonchev–Trinajstić information content (AvgIpc) is 3.11. The minimum Gasteiger partial charge on any atom is -0.346 e. The minimum atomic E-state index is -3.42. The first-order valence-electron chi connectivity index (χ1n) is 6.77. The van der Waals surface area contributed by atoms with Gasteiger partial charge in [-0.2, -0.15) is 0 Å². The molecule has 0 aliphatic heterocycles. The molecule has 0 saturated carbocycles. The molecule has 5 nitrogen and oxygen atoms in total. The quantitative estimate of drug-likeness (QED) is 0.833. The van der Waals surface area contributed by atoms with Crippen LogP contribution in [0.5, 0.6) is 0 Å². The summed E-state index contributed by atoms with van der Waals surface area (Å²) in [6.07, 6.45) is 0.917. The van der Waals surface area contributed by atoms with Crippen LogP contribution in [-0.4, -0.2) is 21.4 Å². The lowest BCUT2D eigenvalue weighted by atomic mass is 10.2. The summed E-state index contributed by atoms with van der Waals surface area (Å²) in [5.41, 5.74) is 1.14. The second-order valence-corrected chi connectivity index (χ2v) is 9.10. The number of rotatable bonds is 6. The highest BCUT2D eigenvalue weighted by molar-refractivity contribution is 7.91. The number of hydrogen-bond acceptors (Lipinski definition) is 5. The van der Waals surface area contributed by atoms with E-state index in [0.717, 1.165) is 28.2 Å². The van der Waals surface area contributed by atoms with Crippen molar-refractivity contribution < 1.29 is 13.2 Å². The molecule has 2 aromatic rings. The topological polar surface area (TPSA) is 75.3 Å². The number of sulfonamides is 1. The SMILES string of the molecule is CCc1sc(C(=O)NCc2ccc(S(=O)(=O)NC)s2)cc1C. The van der Waals surface area contributed by atoms with Gasteiger partial charge in [-0.05, 0) is 44.2 Å². The molecule has 0 unspecified atom stereocenters. The van der Waals surface area contributed by atoms with Gasteiger partial charge in [-0.25, -0.2) is 13.1 Å². The Morgan fingerprint density at radius 1 is 1.27 bits per heavy atom. The summed E-state index contributed by atoms with van der Waals surface area (Å²) in [5, 5.41) is 2.83. The second-order valence-electron chi connectivity index (χ2n) is 4.68. The summed E-state index contributed by atoms with van der Waals surface area (Å²) in [7, 11) is -2.04. The van der Waals surface area contributed by atoms with Crippen molar-refractivity contribution in [3.63, 3.8) is 0 Å². The van der Waals surface area contributed by atoms with Gasteiger partial charge in [0, 0.05) is 9.75 Å². The predicted octanol–water partition coefficient (Wildman–Crippen LogP) is 2.52. The van der Waals surface area contributed by atoms with Crippen molar-refractivity contribution in [1.82, 2.24) is 10.0 Å². The lowest BCUT2D eigenvalue weighted by Crippen LogP contribution is -2.21. The van der Waals surface area contributed by atoms with Crippen LogP contribution in [-0.2, 0) is 23.0 Å². The number of carbonyl (C=O) groups is 1. The maximum Gasteiger partial charge on any atom is 0.261 e. The van der Waals surface area contributed by atoms with Gasteiger partial charge in [0.1, 0.15) is 4.21 Å². The first kappa shape index (κ1) is 17.1. The van der Waals surface area contributed by atoms with E-state index in [-0.39, 0.29) is 10.1 Å². The first-order valence-corrected chi connectivity index (χ1v) is 9.88. The summed E-state index contributed by atoms with van der Waals surface area (Å²) in [4.78, 5) is 14.8. The van der Waals surface area contributed by atoms with E-state index in [0.29, 0.717) is 11.4 Å². The number of nitrogens with one attached hydrogen (secondary N) is 2. The Balaban J connectivity index is 2.02. The molecule has 8 heteroatoms. The van der Waals surface area contributed by atoms with Crippen LogP contribution in [0.3, 0.4) is 0 Å². The molecule has 2 aromatic heterocycles. The van der Waals surface area contributed by atoms with E-state index in [1.165, 1.54) is 23.3 Å². The fourth-order valence-electron chi connectivity index (χ4n) is 1.94. The molecule has 0 bridgehead atoms. The molecule has 2 rings (SSSR count). The molecule has 0 radical (unpaired) electrons. The van der Waals surface area contributed by atoms with Gasteiger partial charge in [0.15, 0.2) is 0 Å². The van der Waals surface area contributed by atoms with Gasteiger partial charge in [0.05, 0.1) is 11.4 Å². The molecule has 0 aromatic carbocycles. The van der Waals surface area contributed by atoms with Crippen LogP contribution < -0.4 is 10.0 Å². The number of carbonyl (C=O) groups excluding carboxylic acids is 1. The van der Waals surface area contributed by atoms with Crippen LogP contribution in [0.25, 0.3) is 0 Å². The van der Waals surface area contributed by atoms with E-state index in [1.54, 1.807) is 12.1 Å². The summed E-state index contributed by atoms with van der Waals surface area (Å²) < 4.78 is 25.8. The van der Waals surface area contributed by atoms with Gasteiger partial charge in [-0.15, -0.1) is 22.7 Å². The predicted molar refractivity (Wildman–Crippen MR) is 90.2 cm³/mol. The lowest BCUT2D eigenvalue weighted by molar-refractivity contribution is 0.0955. The maximum atomic E-state index is 12.1. The molecular weight excluding hydrogens is 340 g/mol. The van der Waals surface area contributed by atoms with Crippen molar-refractivity contribution in [3.05, 3.63) is 38.4 Å². The molecule has 0 saturated heterocycles. The molecule has 0 spiro atoms. The van der Waals surface area contributed by atoms with Gasteiger partial charge in [-0.3, -0.25) is 4.79 Å². The highest BCUT2D eigenvalue weighted by Crippen LogP contribution is 2.23. The summed E-state index contributed by atoms with van der Waals surface area (Å²) in [6.45, 7) is 4.39. The summed E-state index contributed by atoms with van der Waals surface area (Å²) >= 11 is 2.65. The smallest absolute Gasteiger partial charge is 0.261 e. The fourth-order valence-corrected chi connectivity index (χ4v) is 5.10. The van der Waals surface area contributed by atoms with Gasteiger partial charge in [0.25, 0.3) is 5.91 Å². The van der Waals surface area contributed by atoms with Crippen LogP contribution in [0.15, 0.2) is 22.4 Å². The number of hydrogen-bond donors (Lipinski definition) is 2. The Bertz CT molecular complexity index is 775. The first-order chi connectivity index (χ1) is 10.4. The largest absolute Gasteiger partial charge is 0.346 e. The maximum absolute atomic E-state index is 12.1. The van der Waals surface area contributed by atoms with Crippen molar-refractivity contribution in [2.24, 2.45) is 0 Å². The third-order valence-corrected chi connectivity index (χ3v) is 7.53. The molecule has 0 fully saturated rings. The zero-order chi connectivity index (χ0) is 16.3. The Labute approximate surface area is 138 Å². The molecule has 2 heterocycles. The molecule has 2 N–H and O–H groups in total. The molecule has 0 atom stereocenters. The Kier molecular flexibility index (Phi) is 5.38. The number of aryl methyl sites for hydroxylation is 2. The fraction of sp³-hybridized carbons (Fsp3) is 0.357. The molecule has 1 amide bonds. The monoisotopic (exact) mass is 358 g/mol. The van der Waals surface area contributed by atoms with Crippen LogP contribution >= 0.6 is 22.7 Å². The van der Waals surface area contributed by atoms with Gasteiger partial charge in [0.2, 0.25) is 10.0 Å². The number of amides is 1. The van der Waals surface area contributed by atoms with Crippen LogP contribution in [0.2, 0.25) is 0 Å². The highest BCUT2D eigenvalue weighted by atomic mass is 32.2. The summed E-state index contributed by atoms with van der Waals surface area (Å²) in [5.74, 6) is -0.126. The van der Waals surface area contributed by atoms with E-state index < -0.39 is 10.0 Å². The van der Waals surface area contributed by atoms with Crippen molar-refractivity contribution >= 4 is 38.6 Å². The Morgan fingerprint density at radius 3 is 2.59 bits per heavy atom.